The van der Waals surface area contributed by atoms with E-state index in [0.29, 0.717) is 39.8 Å². The number of ketones is 1. The van der Waals surface area contributed by atoms with Gasteiger partial charge in [0, 0.05) is 11.1 Å². The van der Waals surface area contributed by atoms with Crippen LogP contribution in [0.2, 0.25) is 0 Å². The number of nitrogens with one attached hydrogen (secondary N) is 1. The van der Waals surface area contributed by atoms with E-state index in [9.17, 15) is 13.6 Å². The molecular formula is C21H18F2N2O4. The number of hydrogen-bond acceptors (Lipinski definition) is 5. The molecule has 0 spiro atoms. The molecule has 1 N–H and O–H groups in total. The van der Waals surface area contributed by atoms with Crippen LogP contribution in [0.4, 0.5) is 8.78 Å². The number of H-pyrrole nitrogens is 1. The molecule has 0 saturated heterocycles. The lowest BCUT2D eigenvalue weighted by Gasteiger charge is -2.13. The second-order valence-electron chi connectivity index (χ2n) is 5.95. The lowest BCUT2D eigenvalue weighted by atomic mass is 10.1. The number of benzene rings is 2. The summed E-state index contributed by atoms with van der Waals surface area (Å²) < 4.78 is 42.2. The van der Waals surface area contributed by atoms with E-state index in [4.69, 9.17) is 14.2 Å². The molecule has 150 valence electrons. The molecule has 0 aliphatic carbocycles. The lowest BCUT2D eigenvalue weighted by molar-refractivity contribution is 0.104. The van der Waals surface area contributed by atoms with E-state index < -0.39 is 11.6 Å². The third kappa shape index (κ3) is 4.26. The Balaban J connectivity index is 1.82. The normalized spacial score (nSPS) is 10.9. The fraction of sp³-hybridized carbons (Fsp3) is 0.143. The SMILES string of the molecule is COc1cc(C(=O)C=Cc2cc(-c3ccc(F)c(F)c3)n[nH]2)cc(OC)c1OC. The standard InChI is InChI=1S/C21H18F2N2O4/c1-27-19-9-13(10-20(28-2)21(19)29-3)18(26)7-5-14-11-17(25-24-14)12-4-6-15(22)16(23)8-12/h4-11H,1-3H3,(H,24,25). The van der Waals surface area contributed by atoms with Crippen LogP contribution in [0.1, 0.15) is 16.1 Å². The molecule has 0 atom stereocenters. The maximum Gasteiger partial charge on any atom is 0.203 e. The summed E-state index contributed by atoms with van der Waals surface area (Å²) in [5.74, 6) is -1.06. The van der Waals surface area contributed by atoms with Gasteiger partial charge in [-0.1, -0.05) is 0 Å². The van der Waals surface area contributed by atoms with E-state index in [0.717, 1.165) is 12.1 Å². The second kappa shape index (κ2) is 8.55. The van der Waals surface area contributed by atoms with Gasteiger partial charge in [-0.3, -0.25) is 9.89 Å². The monoisotopic (exact) mass is 400 g/mol. The summed E-state index contributed by atoms with van der Waals surface area (Å²) in [4.78, 5) is 12.5. The van der Waals surface area contributed by atoms with E-state index >= 15 is 0 Å². The lowest BCUT2D eigenvalue weighted by Crippen LogP contribution is -2.00. The summed E-state index contributed by atoms with van der Waals surface area (Å²) in [5, 5.41) is 6.79. The summed E-state index contributed by atoms with van der Waals surface area (Å²) in [6.45, 7) is 0. The molecule has 0 bridgehead atoms. The molecule has 0 amide bonds. The van der Waals surface area contributed by atoms with Gasteiger partial charge >= 0.3 is 0 Å². The zero-order valence-corrected chi connectivity index (χ0v) is 16.0. The van der Waals surface area contributed by atoms with E-state index in [-0.39, 0.29) is 5.78 Å². The smallest absolute Gasteiger partial charge is 0.203 e. The summed E-state index contributed by atoms with van der Waals surface area (Å²) in [5.41, 5.74) is 1.70. The molecule has 0 aliphatic heterocycles. The first kappa shape index (κ1) is 20.1. The van der Waals surface area contributed by atoms with Crippen LogP contribution in [0, 0.1) is 11.6 Å². The van der Waals surface area contributed by atoms with Gasteiger partial charge in [0.2, 0.25) is 5.75 Å². The Morgan fingerprint density at radius 1 is 0.966 bits per heavy atom. The summed E-state index contributed by atoms with van der Waals surface area (Å²) in [6.07, 6.45) is 2.88. The first-order valence-electron chi connectivity index (χ1n) is 8.50. The van der Waals surface area contributed by atoms with E-state index in [1.807, 2.05) is 0 Å². The Morgan fingerprint density at radius 3 is 2.24 bits per heavy atom. The Labute approximate surface area is 165 Å². The van der Waals surface area contributed by atoms with Gasteiger partial charge in [-0.25, -0.2) is 8.78 Å². The van der Waals surface area contributed by atoms with E-state index in [1.165, 1.54) is 39.5 Å². The van der Waals surface area contributed by atoms with Crippen molar-refractivity contribution < 1.29 is 27.8 Å². The highest BCUT2D eigenvalue weighted by atomic mass is 19.2. The molecule has 0 aliphatic rings. The molecule has 2 aromatic carbocycles. The number of carbonyl (C=O) groups excluding carboxylic acids is 1. The molecule has 3 rings (SSSR count). The number of ether oxygens (including phenoxy) is 3. The van der Waals surface area contributed by atoms with Crippen LogP contribution < -0.4 is 14.2 Å². The Bertz CT molecular complexity index is 1050. The van der Waals surface area contributed by atoms with Crippen molar-refractivity contribution in [2.45, 2.75) is 0 Å². The van der Waals surface area contributed by atoms with Gasteiger partial charge in [-0.15, -0.1) is 0 Å². The van der Waals surface area contributed by atoms with Gasteiger partial charge in [0.1, 0.15) is 0 Å². The summed E-state index contributed by atoms with van der Waals surface area (Å²) in [7, 11) is 4.40. The number of aromatic nitrogens is 2. The molecule has 8 heteroatoms. The highest BCUT2D eigenvalue weighted by molar-refractivity contribution is 6.07. The minimum Gasteiger partial charge on any atom is -0.493 e. The molecule has 1 heterocycles. The fourth-order valence-corrected chi connectivity index (χ4v) is 2.71. The third-order valence-electron chi connectivity index (χ3n) is 4.18. The van der Waals surface area contributed by atoms with E-state index in [2.05, 4.69) is 10.2 Å². The highest BCUT2D eigenvalue weighted by Gasteiger charge is 2.16. The van der Waals surface area contributed by atoms with Crippen LogP contribution >= 0.6 is 0 Å². The molecule has 0 unspecified atom stereocenters. The first-order chi connectivity index (χ1) is 14.0. The zero-order valence-electron chi connectivity index (χ0n) is 16.0. The quantitative estimate of drug-likeness (QED) is 0.473. The van der Waals surface area contributed by atoms with Crippen molar-refractivity contribution in [3.63, 3.8) is 0 Å². The fourth-order valence-electron chi connectivity index (χ4n) is 2.71. The van der Waals surface area contributed by atoms with Crippen LogP contribution in [0.15, 0.2) is 42.5 Å². The number of allylic oxidation sites excluding steroid dienone is 1. The maximum atomic E-state index is 13.4. The second-order valence-corrected chi connectivity index (χ2v) is 5.95. The average molecular weight is 400 g/mol. The predicted molar refractivity (Wildman–Crippen MR) is 103 cm³/mol. The van der Waals surface area contributed by atoms with Gasteiger partial charge in [0.15, 0.2) is 28.9 Å². The van der Waals surface area contributed by atoms with Gasteiger partial charge in [-0.2, -0.15) is 5.10 Å². The minimum absolute atomic E-state index is 0.298. The van der Waals surface area contributed by atoms with Crippen LogP contribution in [-0.4, -0.2) is 37.3 Å². The topological polar surface area (TPSA) is 73.4 Å². The molecular weight excluding hydrogens is 382 g/mol. The Morgan fingerprint density at radius 2 is 1.66 bits per heavy atom. The first-order valence-corrected chi connectivity index (χ1v) is 8.50. The van der Waals surface area contributed by atoms with Crippen LogP contribution in [0.3, 0.4) is 0 Å². The molecule has 29 heavy (non-hydrogen) atoms. The number of hydrogen-bond donors (Lipinski definition) is 1. The summed E-state index contributed by atoms with van der Waals surface area (Å²) >= 11 is 0. The maximum absolute atomic E-state index is 13.4. The molecule has 1 aromatic heterocycles. The molecule has 0 radical (unpaired) electrons. The van der Waals surface area contributed by atoms with Crippen molar-refractivity contribution in [3.05, 3.63) is 65.4 Å². The minimum atomic E-state index is -0.958. The van der Waals surface area contributed by atoms with Gasteiger partial charge in [-0.05, 0) is 48.6 Å². The molecule has 3 aromatic rings. The zero-order chi connectivity index (χ0) is 21.0. The predicted octanol–water partition coefficient (Wildman–Crippen LogP) is 4.28. The molecule has 0 saturated carbocycles. The largest absolute Gasteiger partial charge is 0.493 e. The summed E-state index contributed by atoms with van der Waals surface area (Å²) in [6, 6.07) is 8.22. The Hall–Kier alpha value is -3.68. The number of halogens is 2. The van der Waals surface area contributed by atoms with Crippen molar-refractivity contribution in [1.29, 1.82) is 0 Å². The van der Waals surface area contributed by atoms with Crippen molar-refractivity contribution in [2.75, 3.05) is 21.3 Å². The van der Waals surface area contributed by atoms with Crippen LogP contribution in [-0.2, 0) is 0 Å². The molecule has 0 fully saturated rings. The van der Waals surface area contributed by atoms with Crippen LogP contribution in [0.5, 0.6) is 17.2 Å². The number of nitrogens with zero attached hydrogens (tertiary/aromatic N) is 1. The van der Waals surface area contributed by atoms with E-state index in [1.54, 1.807) is 18.2 Å². The third-order valence-corrected chi connectivity index (χ3v) is 4.18. The number of carbonyl (C=O) groups is 1. The van der Waals surface area contributed by atoms with Crippen LogP contribution in [0.25, 0.3) is 17.3 Å². The van der Waals surface area contributed by atoms with Crippen molar-refractivity contribution in [3.8, 4) is 28.5 Å². The number of rotatable bonds is 7. The van der Waals surface area contributed by atoms with Crippen molar-refractivity contribution in [2.24, 2.45) is 0 Å². The van der Waals surface area contributed by atoms with Gasteiger partial charge in [0.05, 0.1) is 32.7 Å². The highest BCUT2D eigenvalue weighted by Crippen LogP contribution is 2.38. The number of aromatic amines is 1. The van der Waals surface area contributed by atoms with Gasteiger partial charge < -0.3 is 14.2 Å². The average Bonchev–Trinajstić information content (AvgIpc) is 3.21. The van der Waals surface area contributed by atoms with Crippen molar-refractivity contribution >= 4 is 11.9 Å². The molecule has 6 nitrogen and oxygen atoms in total. The number of methoxy groups -OCH3 is 3. The van der Waals surface area contributed by atoms with Crippen molar-refractivity contribution in [1.82, 2.24) is 10.2 Å². The van der Waals surface area contributed by atoms with Gasteiger partial charge in [0.25, 0.3) is 0 Å². The Kier molecular flexibility index (Phi) is 5.92.